The molecule has 0 spiro atoms. The molecule has 8 nitrogen and oxygen atoms in total. The van der Waals surface area contributed by atoms with Gasteiger partial charge in [-0.2, -0.15) is 0 Å². The van der Waals surface area contributed by atoms with E-state index < -0.39 is 5.82 Å². The van der Waals surface area contributed by atoms with Crippen LogP contribution in [0.25, 0.3) is 10.4 Å². The molecule has 4 heterocycles. The van der Waals surface area contributed by atoms with Gasteiger partial charge >= 0.3 is 0 Å². The van der Waals surface area contributed by atoms with Gasteiger partial charge in [0.25, 0.3) is 11.8 Å². The Labute approximate surface area is 283 Å². The highest BCUT2D eigenvalue weighted by Crippen LogP contribution is 2.42. The Morgan fingerprint density at radius 3 is 2.54 bits per heavy atom. The van der Waals surface area contributed by atoms with Crippen molar-refractivity contribution in [2.45, 2.75) is 26.8 Å². The fourth-order valence-corrected chi connectivity index (χ4v) is 7.36. The van der Waals surface area contributed by atoms with Crippen LogP contribution >= 0.6 is 11.3 Å². The number of hydrogen-bond acceptors (Lipinski definition) is 7. The van der Waals surface area contributed by atoms with Crippen molar-refractivity contribution in [3.05, 3.63) is 124 Å². The number of aryl methyl sites for hydroxylation is 2. The number of thiophene rings is 1. The zero-order chi connectivity index (χ0) is 33.2. The van der Waals surface area contributed by atoms with E-state index in [4.69, 9.17) is 9.72 Å². The first-order valence-electron chi connectivity index (χ1n) is 16.1. The Bertz CT molecular complexity index is 1970. The van der Waals surface area contributed by atoms with Gasteiger partial charge in [-0.3, -0.25) is 9.59 Å². The lowest BCUT2D eigenvalue weighted by Crippen LogP contribution is -2.37. The molecule has 0 radical (unpaired) electrons. The van der Waals surface area contributed by atoms with E-state index in [0.717, 1.165) is 57.4 Å². The molecule has 48 heavy (non-hydrogen) atoms. The van der Waals surface area contributed by atoms with Gasteiger partial charge in [0.05, 0.1) is 35.2 Å². The predicted molar refractivity (Wildman–Crippen MR) is 190 cm³/mol. The van der Waals surface area contributed by atoms with E-state index in [1.807, 2.05) is 72.6 Å². The van der Waals surface area contributed by atoms with E-state index in [1.165, 1.54) is 17.4 Å². The molecule has 0 atom stereocenters. The van der Waals surface area contributed by atoms with Crippen LogP contribution in [0.3, 0.4) is 0 Å². The number of carbonyl (C=O) groups is 2. The molecular weight excluding hydrogens is 626 g/mol. The number of amides is 2. The number of hydrogen-bond donors (Lipinski definition) is 2. The molecule has 0 aliphatic carbocycles. The lowest BCUT2D eigenvalue weighted by molar-refractivity contribution is 0.0985. The van der Waals surface area contributed by atoms with Gasteiger partial charge in [0.15, 0.2) is 5.82 Å². The lowest BCUT2D eigenvalue weighted by atomic mass is 10.1. The van der Waals surface area contributed by atoms with Crippen LogP contribution in [-0.4, -0.2) is 49.6 Å². The largest absolute Gasteiger partial charge is 0.378 e. The topological polar surface area (TPSA) is 86.8 Å². The Hall–Kier alpha value is -5.06. The Morgan fingerprint density at radius 2 is 1.75 bits per heavy atom. The SMILES string of the molecule is Cc1cnc(N2CCOCC2)c(NCc2ccc(C(=O)N3CCc4cc(C(=O)Nc5c(C)cccc5F)sc4-c4ccccc43)cc2)c1. The number of fused-ring (bicyclic) bond motifs is 3. The molecule has 244 valence electrons. The summed E-state index contributed by atoms with van der Waals surface area (Å²) in [5, 5.41) is 6.31. The van der Waals surface area contributed by atoms with Gasteiger partial charge in [0.2, 0.25) is 0 Å². The second kappa shape index (κ2) is 13.6. The quantitative estimate of drug-likeness (QED) is 0.188. The third kappa shape index (κ3) is 6.41. The number of carbonyl (C=O) groups excluding carboxylic acids is 2. The van der Waals surface area contributed by atoms with Gasteiger partial charge in [-0.15, -0.1) is 11.3 Å². The first kappa shape index (κ1) is 31.5. The summed E-state index contributed by atoms with van der Waals surface area (Å²) in [6.07, 6.45) is 2.47. The maximum absolute atomic E-state index is 14.4. The summed E-state index contributed by atoms with van der Waals surface area (Å²) in [6, 6.07) is 24.2. The summed E-state index contributed by atoms with van der Waals surface area (Å²) in [5.74, 6) is 0.0311. The number of benzene rings is 3. The third-order valence-corrected chi connectivity index (χ3v) is 9.99. The van der Waals surface area contributed by atoms with Crippen LogP contribution in [-0.2, 0) is 17.7 Å². The Morgan fingerprint density at radius 1 is 0.958 bits per heavy atom. The van der Waals surface area contributed by atoms with E-state index >= 15 is 0 Å². The van der Waals surface area contributed by atoms with Crippen molar-refractivity contribution < 1.29 is 18.7 Å². The Kier molecular flexibility index (Phi) is 8.92. The fraction of sp³-hybridized carbons (Fsp3) is 0.237. The monoisotopic (exact) mass is 661 g/mol. The summed E-state index contributed by atoms with van der Waals surface area (Å²) >= 11 is 1.36. The number of nitrogens with zero attached hydrogens (tertiary/aromatic N) is 3. The number of aromatic nitrogens is 1. The molecule has 3 aromatic carbocycles. The molecule has 10 heteroatoms. The van der Waals surface area contributed by atoms with E-state index in [1.54, 1.807) is 19.1 Å². The van der Waals surface area contributed by atoms with Gasteiger partial charge < -0.3 is 25.2 Å². The molecular formula is C38H36FN5O3S. The third-order valence-electron chi connectivity index (χ3n) is 8.78. The summed E-state index contributed by atoms with van der Waals surface area (Å²) < 4.78 is 19.9. The number of ether oxygens (including phenoxy) is 1. The molecule has 2 aromatic heterocycles. The highest BCUT2D eigenvalue weighted by molar-refractivity contribution is 7.17. The lowest BCUT2D eigenvalue weighted by Gasteiger charge is -2.29. The standard InChI is InChI=1S/C38H36FN5O3S/c1-24-20-31(36(41-22-24)43-16-18-47-19-17-43)40-23-26-10-12-27(13-11-26)38(46)44-15-14-28-21-33(48-35(28)29-7-3-4-9-32(29)44)37(45)42-34-25(2)6-5-8-30(34)39/h3-13,20-22,40H,14-19,23H2,1-2H3,(H,42,45). The first-order chi connectivity index (χ1) is 23.4. The van der Waals surface area contributed by atoms with E-state index in [-0.39, 0.29) is 17.5 Å². The smallest absolute Gasteiger partial charge is 0.265 e. The summed E-state index contributed by atoms with van der Waals surface area (Å²) in [6.45, 7) is 7.84. The molecule has 2 aliphatic heterocycles. The molecule has 1 saturated heterocycles. The molecule has 0 bridgehead atoms. The molecule has 0 saturated carbocycles. The van der Waals surface area contributed by atoms with Gasteiger partial charge in [-0.1, -0.05) is 42.5 Å². The van der Waals surface area contributed by atoms with Crippen molar-refractivity contribution in [3.8, 4) is 10.4 Å². The van der Waals surface area contributed by atoms with Crippen molar-refractivity contribution in [2.75, 3.05) is 53.3 Å². The van der Waals surface area contributed by atoms with Crippen molar-refractivity contribution in [3.63, 3.8) is 0 Å². The van der Waals surface area contributed by atoms with E-state index in [2.05, 4.69) is 21.6 Å². The average Bonchev–Trinajstić information content (AvgIpc) is 3.47. The number of morpholine rings is 1. The van der Waals surface area contributed by atoms with Crippen LogP contribution in [0.1, 0.15) is 42.3 Å². The highest BCUT2D eigenvalue weighted by atomic mass is 32.1. The Balaban J connectivity index is 1.07. The number of halogens is 1. The van der Waals surface area contributed by atoms with Gasteiger partial charge in [-0.05, 0) is 78.9 Å². The normalized spacial score (nSPS) is 14.1. The maximum Gasteiger partial charge on any atom is 0.265 e. The summed E-state index contributed by atoms with van der Waals surface area (Å²) in [5.41, 5.74) is 7.25. The zero-order valence-electron chi connectivity index (χ0n) is 26.9. The maximum atomic E-state index is 14.4. The predicted octanol–water partition coefficient (Wildman–Crippen LogP) is 7.47. The molecule has 2 amide bonds. The van der Waals surface area contributed by atoms with Crippen LogP contribution in [0.15, 0.2) is 85.1 Å². The number of para-hydroxylation sites is 2. The van der Waals surface area contributed by atoms with Crippen molar-refractivity contribution in [2.24, 2.45) is 0 Å². The minimum absolute atomic E-state index is 0.0809. The molecule has 2 aliphatic rings. The molecule has 7 rings (SSSR count). The van der Waals surface area contributed by atoms with Crippen LogP contribution in [0.4, 0.5) is 27.3 Å². The van der Waals surface area contributed by atoms with Crippen LogP contribution < -0.4 is 20.4 Å². The van der Waals surface area contributed by atoms with E-state index in [9.17, 15) is 14.0 Å². The summed E-state index contributed by atoms with van der Waals surface area (Å²) in [7, 11) is 0. The number of rotatable bonds is 7. The van der Waals surface area contributed by atoms with Crippen molar-refractivity contribution in [1.82, 2.24) is 4.98 Å². The van der Waals surface area contributed by atoms with Gasteiger partial charge in [0.1, 0.15) is 5.82 Å². The number of anilines is 4. The van der Waals surface area contributed by atoms with Crippen LogP contribution in [0.5, 0.6) is 0 Å². The second-order valence-corrected chi connectivity index (χ2v) is 13.2. The number of nitrogens with one attached hydrogen (secondary N) is 2. The van der Waals surface area contributed by atoms with Gasteiger partial charge in [-0.25, -0.2) is 9.37 Å². The van der Waals surface area contributed by atoms with Crippen LogP contribution in [0.2, 0.25) is 0 Å². The zero-order valence-corrected chi connectivity index (χ0v) is 27.7. The second-order valence-electron chi connectivity index (χ2n) is 12.1. The van der Waals surface area contributed by atoms with Crippen molar-refractivity contribution in [1.29, 1.82) is 0 Å². The molecule has 0 unspecified atom stereocenters. The molecule has 2 N–H and O–H groups in total. The summed E-state index contributed by atoms with van der Waals surface area (Å²) in [4.78, 5) is 37.4. The molecule has 1 fully saturated rings. The highest BCUT2D eigenvalue weighted by Gasteiger charge is 2.28. The minimum Gasteiger partial charge on any atom is -0.378 e. The van der Waals surface area contributed by atoms with E-state index in [0.29, 0.717) is 48.7 Å². The van der Waals surface area contributed by atoms with Crippen LogP contribution in [0, 0.1) is 19.7 Å². The number of pyridine rings is 1. The molecule has 5 aromatic rings. The average molecular weight is 662 g/mol. The van der Waals surface area contributed by atoms with Crippen molar-refractivity contribution >= 4 is 46.0 Å². The minimum atomic E-state index is -0.466. The first-order valence-corrected chi connectivity index (χ1v) is 16.9. The fourth-order valence-electron chi connectivity index (χ4n) is 6.22. The van der Waals surface area contributed by atoms with Gasteiger partial charge in [0, 0.05) is 48.4 Å².